The molecule has 3 heterocycles. The highest BCUT2D eigenvalue weighted by molar-refractivity contribution is 7.12. The molecule has 0 spiro atoms. The average molecular weight is 352 g/mol. The van der Waals surface area contributed by atoms with Crippen LogP contribution in [0.4, 0.5) is 0 Å². The van der Waals surface area contributed by atoms with Crippen LogP contribution in [-0.2, 0) is 6.54 Å². The summed E-state index contributed by atoms with van der Waals surface area (Å²) in [6.07, 6.45) is 4.85. The van der Waals surface area contributed by atoms with Crippen molar-refractivity contribution < 1.29 is 4.79 Å². The Kier molecular flexibility index (Phi) is 4.61. The van der Waals surface area contributed by atoms with Crippen LogP contribution in [0.2, 0.25) is 0 Å². The number of aromatic nitrogens is 3. The molecule has 1 atom stereocenters. The molecule has 0 N–H and O–H groups in total. The van der Waals surface area contributed by atoms with Gasteiger partial charge in [0.15, 0.2) is 5.82 Å². The highest BCUT2D eigenvalue weighted by atomic mass is 32.1. The first-order chi connectivity index (χ1) is 12.3. The number of rotatable bonds is 4. The van der Waals surface area contributed by atoms with Gasteiger partial charge in [0, 0.05) is 6.54 Å². The lowest BCUT2D eigenvalue weighted by molar-refractivity contribution is 0.0600. The lowest BCUT2D eigenvalue weighted by Crippen LogP contribution is -2.39. The largest absolute Gasteiger partial charge is 0.328 e. The van der Waals surface area contributed by atoms with E-state index in [0.717, 1.165) is 43.1 Å². The molecule has 0 aliphatic carbocycles. The van der Waals surface area contributed by atoms with Crippen LogP contribution in [0.5, 0.6) is 0 Å². The minimum absolute atomic E-state index is 0.00503. The second kappa shape index (κ2) is 7.19. The van der Waals surface area contributed by atoms with Gasteiger partial charge in [0.25, 0.3) is 5.91 Å². The fourth-order valence-corrected chi connectivity index (χ4v) is 4.09. The van der Waals surface area contributed by atoms with Crippen molar-refractivity contribution >= 4 is 17.2 Å². The molecule has 2 aromatic heterocycles. The van der Waals surface area contributed by atoms with Gasteiger partial charge in [0.1, 0.15) is 6.33 Å². The van der Waals surface area contributed by atoms with Gasteiger partial charge in [-0.05, 0) is 36.3 Å². The molecule has 1 fully saturated rings. The minimum Gasteiger partial charge on any atom is -0.328 e. The molecule has 1 saturated heterocycles. The Labute approximate surface area is 150 Å². The molecule has 128 valence electrons. The number of amides is 1. The lowest BCUT2D eigenvalue weighted by Gasteiger charge is -2.35. The molecule has 0 unspecified atom stereocenters. The Morgan fingerprint density at radius 1 is 1.16 bits per heavy atom. The smallest absolute Gasteiger partial charge is 0.264 e. The first-order valence-corrected chi connectivity index (χ1v) is 9.47. The van der Waals surface area contributed by atoms with Crippen LogP contribution in [0, 0.1) is 0 Å². The van der Waals surface area contributed by atoms with Gasteiger partial charge < -0.3 is 9.47 Å². The summed E-state index contributed by atoms with van der Waals surface area (Å²) in [5.74, 6) is 0.988. The molecule has 1 aliphatic rings. The topological polar surface area (TPSA) is 51.0 Å². The Morgan fingerprint density at radius 3 is 2.84 bits per heavy atom. The summed E-state index contributed by atoms with van der Waals surface area (Å²) in [5, 5.41) is 10.4. The lowest BCUT2D eigenvalue weighted by atomic mass is 10.0. The van der Waals surface area contributed by atoms with Crippen molar-refractivity contribution in [3.63, 3.8) is 0 Å². The van der Waals surface area contributed by atoms with Crippen LogP contribution in [0.1, 0.15) is 46.4 Å². The van der Waals surface area contributed by atoms with E-state index in [-0.39, 0.29) is 11.9 Å². The normalized spacial score (nSPS) is 17.6. The van der Waals surface area contributed by atoms with Gasteiger partial charge in [-0.1, -0.05) is 36.4 Å². The molecule has 6 heteroatoms. The van der Waals surface area contributed by atoms with Gasteiger partial charge in [-0.15, -0.1) is 21.5 Å². The fourth-order valence-electron chi connectivity index (χ4n) is 3.41. The maximum absolute atomic E-state index is 12.9. The zero-order valence-corrected chi connectivity index (χ0v) is 14.7. The highest BCUT2D eigenvalue weighted by Gasteiger charge is 2.32. The van der Waals surface area contributed by atoms with Crippen LogP contribution < -0.4 is 0 Å². The summed E-state index contributed by atoms with van der Waals surface area (Å²) in [7, 11) is 0. The summed E-state index contributed by atoms with van der Waals surface area (Å²) in [5.41, 5.74) is 1.20. The van der Waals surface area contributed by atoms with E-state index in [1.165, 1.54) is 16.9 Å². The first kappa shape index (κ1) is 16.0. The second-order valence-corrected chi connectivity index (χ2v) is 7.24. The Bertz CT molecular complexity index is 828. The van der Waals surface area contributed by atoms with Crippen LogP contribution in [-0.4, -0.2) is 32.1 Å². The molecule has 0 saturated carbocycles. The Hall–Kier alpha value is -2.47. The number of carbonyl (C=O) groups is 1. The van der Waals surface area contributed by atoms with Crippen molar-refractivity contribution in [2.45, 2.75) is 31.8 Å². The van der Waals surface area contributed by atoms with E-state index in [1.807, 2.05) is 40.6 Å². The summed E-state index contributed by atoms with van der Waals surface area (Å²) in [4.78, 5) is 15.7. The predicted molar refractivity (Wildman–Crippen MR) is 97.5 cm³/mol. The quantitative estimate of drug-likeness (QED) is 0.718. The molecule has 5 nitrogen and oxygen atoms in total. The first-order valence-electron chi connectivity index (χ1n) is 8.59. The summed E-state index contributed by atoms with van der Waals surface area (Å²) >= 11 is 1.50. The van der Waals surface area contributed by atoms with Crippen LogP contribution in [0.3, 0.4) is 0 Å². The summed E-state index contributed by atoms with van der Waals surface area (Å²) in [6.45, 7) is 1.50. The van der Waals surface area contributed by atoms with Crippen molar-refractivity contribution in [3.05, 3.63) is 70.4 Å². The number of nitrogens with zero attached hydrogens (tertiary/aromatic N) is 4. The van der Waals surface area contributed by atoms with Gasteiger partial charge in [-0.2, -0.15) is 0 Å². The van der Waals surface area contributed by atoms with Crippen LogP contribution in [0.15, 0.2) is 54.2 Å². The Balaban J connectivity index is 1.61. The van der Waals surface area contributed by atoms with E-state index in [2.05, 4.69) is 26.9 Å². The molecule has 1 amide bonds. The van der Waals surface area contributed by atoms with Crippen LogP contribution in [0.25, 0.3) is 0 Å². The number of thiophene rings is 1. The van der Waals surface area contributed by atoms with E-state index in [4.69, 9.17) is 0 Å². The van der Waals surface area contributed by atoms with Crippen molar-refractivity contribution in [1.82, 2.24) is 19.7 Å². The van der Waals surface area contributed by atoms with Gasteiger partial charge >= 0.3 is 0 Å². The number of benzene rings is 1. The fraction of sp³-hybridized carbons (Fsp3) is 0.316. The van der Waals surface area contributed by atoms with Crippen molar-refractivity contribution in [3.8, 4) is 0 Å². The number of carbonyl (C=O) groups excluding carboxylic acids is 1. The predicted octanol–water partition coefficient (Wildman–Crippen LogP) is 3.76. The van der Waals surface area contributed by atoms with E-state index >= 15 is 0 Å². The van der Waals surface area contributed by atoms with Crippen molar-refractivity contribution in [2.75, 3.05) is 6.54 Å². The highest BCUT2D eigenvalue weighted by Crippen LogP contribution is 2.32. The Morgan fingerprint density at radius 2 is 2.04 bits per heavy atom. The van der Waals surface area contributed by atoms with Gasteiger partial charge in [-0.3, -0.25) is 4.79 Å². The molecular formula is C19H20N4OS. The molecule has 1 aromatic carbocycles. The van der Waals surface area contributed by atoms with Gasteiger partial charge in [0.05, 0.1) is 17.5 Å². The van der Waals surface area contributed by atoms with Crippen molar-refractivity contribution in [1.29, 1.82) is 0 Å². The molecule has 0 bridgehead atoms. The maximum atomic E-state index is 12.9. The van der Waals surface area contributed by atoms with E-state index in [9.17, 15) is 4.79 Å². The van der Waals surface area contributed by atoms with Gasteiger partial charge in [-0.25, -0.2) is 0 Å². The van der Waals surface area contributed by atoms with E-state index in [0.29, 0.717) is 0 Å². The number of hydrogen-bond acceptors (Lipinski definition) is 4. The molecular weight excluding hydrogens is 332 g/mol. The van der Waals surface area contributed by atoms with Crippen LogP contribution >= 0.6 is 11.3 Å². The SMILES string of the molecule is O=C(c1cccs1)N1CCCC[C@H]1c1nncn1Cc1ccccc1. The van der Waals surface area contributed by atoms with E-state index in [1.54, 1.807) is 6.33 Å². The molecule has 25 heavy (non-hydrogen) atoms. The number of likely N-dealkylation sites (tertiary alicyclic amines) is 1. The molecule has 4 rings (SSSR count). The minimum atomic E-state index is -0.00503. The third-order valence-electron chi connectivity index (χ3n) is 4.63. The number of hydrogen-bond donors (Lipinski definition) is 0. The summed E-state index contributed by atoms with van der Waals surface area (Å²) < 4.78 is 2.07. The standard InChI is InChI=1S/C19H20N4OS/c24-19(17-10-6-12-25-17)23-11-5-4-9-16(23)18-21-20-14-22(18)13-15-7-2-1-3-8-15/h1-3,6-8,10,12,14,16H,4-5,9,11,13H2/t16-/m0/s1. The third-order valence-corrected chi connectivity index (χ3v) is 5.49. The zero-order chi connectivity index (χ0) is 17.1. The molecule has 1 aliphatic heterocycles. The molecule has 3 aromatic rings. The maximum Gasteiger partial charge on any atom is 0.264 e. The monoisotopic (exact) mass is 352 g/mol. The molecule has 0 radical (unpaired) electrons. The summed E-state index contributed by atoms with van der Waals surface area (Å²) in [6, 6.07) is 14.1. The second-order valence-electron chi connectivity index (χ2n) is 6.29. The third kappa shape index (κ3) is 3.35. The zero-order valence-electron chi connectivity index (χ0n) is 13.9. The average Bonchev–Trinajstić information content (AvgIpc) is 3.34. The van der Waals surface area contributed by atoms with E-state index < -0.39 is 0 Å². The van der Waals surface area contributed by atoms with Crippen molar-refractivity contribution in [2.24, 2.45) is 0 Å². The van der Waals surface area contributed by atoms with Gasteiger partial charge in [0.2, 0.25) is 0 Å². The number of piperidine rings is 1.